The number of likely N-dealkylation sites (N-methyl/N-ethyl adjacent to an activating group) is 1. The Bertz CT molecular complexity index is 441. The monoisotopic (exact) mass is 269 g/mol. The van der Waals surface area contributed by atoms with E-state index >= 15 is 0 Å². The molecule has 1 heterocycles. The van der Waals surface area contributed by atoms with E-state index in [-0.39, 0.29) is 5.69 Å². The van der Waals surface area contributed by atoms with Gasteiger partial charge in [0.1, 0.15) is 6.04 Å². The number of halogens is 4. The van der Waals surface area contributed by atoms with Crippen LogP contribution in [0.1, 0.15) is 24.4 Å². The minimum absolute atomic E-state index is 0.107. The van der Waals surface area contributed by atoms with Crippen LogP contribution >= 0.6 is 11.6 Å². The van der Waals surface area contributed by atoms with Gasteiger partial charge in [-0.15, -0.1) is 0 Å². The fourth-order valence-corrected chi connectivity index (χ4v) is 1.61. The highest BCUT2D eigenvalue weighted by Gasteiger charge is 2.39. The molecule has 0 aliphatic rings. The molecule has 1 N–H and O–H groups in total. The standard InChI is InChI=1S/C9H11ClF3N3O/c1-4-6(10)7(9(11,12)13)15-16(4)5(2)8(17)14-3/h5H,1-3H3,(H,14,17). The number of nitrogens with zero attached hydrogens (tertiary/aromatic N) is 2. The molecule has 96 valence electrons. The maximum atomic E-state index is 12.5. The highest BCUT2D eigenvalue weighted by Crippen LogP contribution is 2.36. The van der Waals surface area contributed by atoms with Crippen LogP contribution in [-0.2, 0) is 11.0 Å². The van der Waals surface area contributed by atoms with Crippen molar-refractivity contribution in [2.45, 2.75) is 26.1 Å². The van der Waals surface area contributed by atoms with Gasteiger partial charge in [-0.2, -0.15) is 18.3 Å². The van der Waals surface area contributed by atoms with Crippen molar-refractivity contribution in [1.29, 1.82) is 0 Å². The first-order chi connectivity index (χ1) is 7.70. The number of alkyl halides is 3. The summed E-state index contributed by atoms with van der Waals surface area (Å²) in [5, 5.41) is 5.20. The first-order valence-electron chi connectivity index (χ1n) is 4.73. The molecule has 1 aromatic heterocycles. The first kappa shape index (κ1) is 13.8. The van der Waals surface area contributed by atoms with Gasteiger partial charge in [0.2, 0.25) is 5.91 Å². The van der Waals surface area contributed by atoms with Crippen LogP contribution in [-0.4, -0.2) is 22.7 Å². The van der Waals surface area contributed by atoms with Crippen molar-refractivity contribution in [2.75, 3.05) is 7.05 Å². The normalized spacial score (nSPS) is 13.6. The Balaban J connectivity index is 3.25. The van der Waals surface area contributed by atoms with E-state index in [9.17, 15) is 18.0 Å². The van der Waals surface area contributed by atoms with Crippen LogP contribution in [0.4, 0.5) is 13.2 Å². The largest absolute Gasteiger partial charge is 0.436 e. The van der Waals surface area contributed by atoms with Gasteiger partial charge < -0.3 is 5.32 Å². The molecule has 1 aromatic rings. The predicted molar refractivity (Wildman–Crippen MR) is 55.8 cm³/mol. The lowest BCUT2D eigenvalue weighted by Gasteiger charge is -2.12. The van der Waals surface area contributed by atoms with Gasteiger partial charge in [0.15, 0.2) is 5.69 Å². The van der Waals surface area contributed by atoms with Crippen molar-refractivity contribution in [3.05, 3.63) is 16.4 Å². The minimum atomic E-state index is -4.63. The van der Waals surface area contributed by atoms with Gasteiger partial charge in [-0.3, -0.25) is 9.48 Å². The third-order valence-electron chi connectivity index (χ3n) is 2.34. The SMILES string of the molecule is CNC(=O)C(C)n1nc(C(F)(F)F)c(Cl)c1C. The fourth-order valence-electron chi connectivity index (χ4n) is 1.38. The summed E-state index contributed by atoms with van der Waals surface area (Å²) in [5.41, 5.74) is -1.07. The zero-order valence-corrected chi connectivity index (χ0v) is 10.1. The van der Waals surface area contributed by atoms with E-state index < -0.39 is 28.8 Å². The van der Waals surface area contributed by atoms with Crippen LogP contribution in [0.3, 0.4) is 0 Å². The molecular formula is C9H11ClF3N3O. The van der Waals surface area contributed by atoms with Crippen molar-refractivity contribution in [3.63, 3.8) is 0 Å². The van der Waals surface area contributed by atoms with Crippen LogP contribution in [0, 0.1) is 6.92 Å². The maximum absolute atomic E-state index is 12.5. The van der Waals surface area contributed by atoms with Crippen molar-refractivity contribution >= 4 is 17.5 Å². The zero-order valence-electron chi connectivity index (χ0n) is 9.39. The van der Waals surface area contributed by atoms with Crippen LogP contribution in [0.15, 0.2) is 0 Å². The van der Waals surface area contributed by atoms with Gasteiger partial charge in [0.25, 0.3) is 0 Å². The Morgan fingerprint density at radius 3 is 2.41 bits per heavy atom. The molecule has 1 unspecified atom stereocenters. The average Bonchev–Trinajstić information content (AvgIpc) is 2.53. The molecule has 0 radical (unpaired) electrons. The molecule has 0 spiro atoms. The van der Waals surface area contributed by atoms with Gasteiger partial charge in [-0.1, -0.05) is 11.6 Å². The molecule has 0 saturated heterocycles. The topological polar surface area (TPSA) is 46.9 Å². The summed E-state index contributed by atoms with van der Waals surface area (Å²) < 4.78 is 38.5. The Kier molecular flexibility index (Phi) is 3.71. The summed E-state index contributed by atoms with van der Waals surface area (Å²) in [4.78, 5) is 11.3. The number of amides is 1. The third kappa shape index (κ3) is 2.54. The molecule has 0 aromatic carbocycles. The second kappa shape index (κ2) is 4.56. The van der Waals surface area contributed by atoms with Gasteiger partial charge in [0, 0.05) is 7.05 Å². The summed E-state index contributed by atoms with van der Waals surface area (Å²) in [7, 11) is 1.39. The van der Waals surface area contributed by atoms with E-state index in [2.05, 4.69) is 10.4 Å². The Hall–Kier alpha value is -1.24. The van der Waals surface area contributed by atoms with Crippen molar-refractivity contribution in [2.24, 2.45) is 0 Å². The zero-order chi connectivity index (χ0) is 13.4. The van der Waals surface area contributed by atoms with E-state index in [1.165, 1.54) is 20.9 Å². The lowest BCUT2D eigenvalue weighted by atomic mass is 10.3. The molecule has 17 heavy (non-hydrogen) atoms. The highest BCUT2D eigenvalue weighted by atomic mass is 35.5. The molecule has 8 heteroatoms. The molecule has 0 saturated carbocycles. The summed E-state index contributed by atoms with van der Waals surface area (Å²) in [5.74, 6) is -0.444. The molecule has 0 bridgehead atoms. The summed E-state index contributed by atoms with van der Waals surface area (Å²) in [6.45, 7) is 2.82. The number of carbonyl (C=O) groups excluding carboxylic acids is 1. The van der Waals surface area contributed by atoms with E-state index in [1.807, 2.05) is 0 Å². The number of hydrogen-bond donors (Lipinski definition) is 1. The average molecular weight is 270 g/mol. The van der Waals surface area contributed by atoms with Gasteiger partial charge in [0.05, 0.1) is 10.7 Å². The Morgan fingerprint density at radius 2 is 2.06 bits per heavy atom. The van der Waals surface area contributed by atoms with E-state index in [1.54, 1.807) is 0 Å². The fraction of sp³-hybridized carbons (Fsp3) is 0.556. The second-order valence-corrected chi connectivity index (χ2v) is 3.86. The van der Waals surface area contributed by atoms with Gasteiger partial charge >= 0.3 is 6.18 Å². The number of aromatic nitrogens is 2. The number of hydrogen-bond acceptors (Lipinski definition) is 2. The quantitative estimate of drug-likeness (QED) is 0.894. The maximum Gasteiger partial charge on any atom is 0.436 e. The minimum Gasteiger partial charge on any atom is -0.357 e. The molecule has 0 fully saturated rings. The smallest absolute Gasteiger partial charge is 0.357 e. The van der Waals surface area contributed by atoms with E-state index in [4.69, 9.17) is 11.6 Å². The number of rotatable bonds is 2. The van der Waals surface area contributed by atoms with Gasteiger partial charge in [-0.25, -0.2) is 0 Å². The Labute approximate surface area is 101 Å². The second-order valence-electron chi connectivity index (χ2n) is 3.48. The molecule has 4 nitrogen and oxygen atoms in total. The van der Waals surface area contributed by atoms with Crippen LogP contribution in [0.2, 0.25) is 5.02 Å². The molecular weight excluding hydrogens is 259 g/mol. The summed E-state index contributed by atoms with van der Waals surface area (Å²) in [6, 6.07) is -0.853. The first-order valence-corrected chi connectivity index (χ1v) is 5.11. The third-order valence-corrected chi connectivity index (χ3v) is 2.79. The van der Waals surface area contributed by atoms with Crippen LogP contribution < -0.4 is 5.32 Å². The van der Waals surface area contributed by atoms with Crippen LogP contribution in [0.25, 0.3) is 0 Å². The van der Waals surface area contributed by atoms with Gasteiger partial charge in [-0.05, 0) is 13.8 Å². The molecule has 0 aliphatic carbocycles. The highest BCUT2D eigenvalue weighted by molar-refractivity contribution is 6.32. The van der Waals surface area contributed by atoms with Crippen molar-refractivity contribution in [3.8, 4) is 0 Å². The lowest BCUT2D eigenvalue weighted by Crippen LogP contribution is -2.29. The van der Waals surface area contributed by atoms with Crippen LogP contribution in [0.5, 0.6) is 0 Å². The van der Waals surface area contributed by atoms with Crippen molar-refractivity contribution < 1.29 is 18.0 Å². The van der Waals surface area contributed by atoms with E-state index in [0.29, 0.717) is 0 Å². The van der Waals surface area contributed by atoms with Crippen molar-refractivity contribution in [1.82, 2.24) is 15.1 Å². The van der Waals surface area contributed by atoms with E-state index in [0.717, 1.165) is 4.68 Å². The molecule has 1 amide bonds. The lowest BCUT2D eigenvalue weighted by molar-refractivity contribution is -0.141. The summed E-state index contributed by atoms with van der Waals surface area (Å²) >= 11 is 5.56. The molecule has 1 rings (SSSR count). The Morgan fingerprint density at radius 1 is 1.53 bits per heavy atom. The molecule has 1 atom stereocenters. The number of carbonyl (C=O) groups is 1. The molecule has 0 aliphatic heterocycles. The number of nitrogens with one attached hydrogen (secondary N) is 1. The predicted octanol–water partition coefficient (Wildman–Crippen LogP) is 2.17. The summed E-state index contributed by atoms with van der Waals surface area (Å²) in [6.07, 6.45) is -4.63.